The summed E-state index contributed by atoms with van der Waals surface area (Å²) in [5, 5.41) is 0. The van der Waals surface area contributed by atoms with Gasteiger partial charge in [-0.3, -0.25) is 0 Å². The van der Waals surface area contributed by atoms with Crippen LogP contribution >= 0.6 is 34.0 Å². The van der Waals surface area contributed by atoms with Crippen LogP contribution in [0.15, 0.2) is 127 Å². The normalized spacial score (nSPS) is 11.1. The van der Waals surface area contributed by atoms with Gasteiger partial charge in [0.25, 0.3) is 0 Å². The first-order valence-corrected chi connectivity index (χ1v) is 15.0. The van der Waals surface area contributed by atoms with Gasteiger partial charge in [-0.25, -0.2) is 15.0 Å². The van der Waals surface area contributed by atoms with E-state index in [9.17, 15) is 0 Å². The average molecular weight is 556 g/mol. The first-order chi connectivity index (χ1) is 19.3. The smallest absolute Gasteiger partial charge is 0.174 e. The fourth-order valence-electron chi connectivity index (χ4n) is 4.35. The summed E-state index contributed by atoms with van der Waals surface area (Å²) >= 11 is 5.12. The van der Waals surface area contributed by atoms with E-state index < -0.39 is 0 Å². The second-order valence-electron chi connectivity index (χ2n) is 8.90. The predicted octanol–water partition coefficient (Wildman–Crippen LogP) is 10.1. The van der Waals surface area contributed by atoms with Crippen LogP contribution in [0.1, 0.15) is 0 Å². The lowest BCUT2D eigenvalue weighted by Gasteiger charge is -2.05. The highest BCUT2D eigenvalue weighted by molar-refractivity contribution is 7.19. The fourth-order valence-corrected chi connectivity index (χ4v) is 7.19. The molecule has 0 spiro atoms. The summed E-state index contributed by atoms with van der Waals surface area (Å²) in [6.45, 7) is 0. The molecule has 186 valence electrons. The average Bonchev–Trinajstić information content (AvgIpc) is 3.80. The van der Waals surface area contributed by atoms with Crippen LogP contribution < -0.4 is 0 Å². The third-order valence-electron chi connectivity index (χ3n) is 6.29. The number of aromatic nitrogens is 3. The molecule has 0 N–H and O–H groups in total. The Balaban J connectivity index is 1.33. The van der Waals surface area contributed by atoms with Crippen LogP contribution in [0, 0.1) is 0 Å². The third-order valence-corrected chi connectivity index (χ3v) is 9.68. The van der Waals surface area contributed by atoms with Crippen molar-refractivity contribution in [3.8, 4) is 63.4 Å². The van der Waals surface area contributed by atoms with E-state index in [1.165, 1.54) is 31.3 Å². The zero-order chi connectivity index (χ0) is 26.0. The molecule has 39 heavy (non-hydrogen) atoms. The molecule has 0 amide bonds. The van der Waals surface area contributed by atoms with Crippen molar-refractivity contribution in [2.45, 2.75) is 0 Å². The summed E-state index contributed by atoms with van der Waals surface area (Å²) in [5.74, 6) is 2.10. The topological polar surface area (TPSA) is 38.7 Å². The molecule has 0 aliphatic carbocycles. The van der Waals surface area contributed by atoms with E-state index in [0.717, 1.165) is 14.6 Å². The zero-order valence-electron chi connectivity index (χ0n) is 20.7. The van der Waals surface area contributed by atoms with Crippen LogP contribution in [-0.2, 0) is 0 Å². The van der Waals surface area contributed by atoms with Gasteiger partial charge < -0.3 is 0 Å². The Hall–Kier alpha value is -4.23. The van der Waals surface area contributed by atoms with Crippen LogP contribution in [0.3, 0.4) is 0 Å². The molecule has 0 unspecified atom stereocenters. The summed E-state index contributed by atoms with van der Waals surface area (Å²) in [6.07, 6.45) is 0. The van der Waals surface area contributed by atoms with Crippen LogP contribution in [-0.4, -0.2) is 15.0 Å². The van der Waals surface area contributed by atoms with Gasteiger partial charge in [-0.2, -0.15) is 0 Å². The lowest BCUT2D eigenvalue weighted by atomic mass is 10.2. The monoisotopic (exact) mass is 555 g/mol. The lowest BCUT2D eigenvalue weighted by Crippen LogP contribution is -1.97. The van der Waals surface area contributed by atoms with Gasteiger partial charge in [-0.1, -0.05) is 91.0 Å². The minimum atomic E-state index is 0.700. The molecule has 7 aromatic rings. The molecule has 0 radical (unpaired) electrons. The molecule has 7 rings (SSSR count). The van der Waals surface area contributed by atoms with E-state index in [4.69, 9.17) is 15.0 Å². The van der Waals surface area contributed by atoms with Crippen molar-refractivity contribution in [1.82, 2.24) is 15.0 Å². The molecule has 0 aliphatic rings. The van der Waals surface area contributed by atoms with Crippen molar-refractivity contribution in [2.75, 3.05) is 0 Å². The van der Waals surface area contributed by atoms with Gasteiger partial charge in [-0.05, 0) is 53.1 Å². The molecule has 6 heteroatoms. The second kappa shape index (κ2) is 10.5. The summed E-state index contributed by atoms with van der Waals surface area (Å²) in [6, 6.07) is 44.1. The lowest BCUT2D eigenvalue weighted by molar-refractivity contribution is 1.09. The Kier molecular flexibility index (Phi) is 6.42. The predicted molar refractivity (Wildman–Crippen MR) is 166 cm³/mol. The van der Waals surface area contributed by atoms with Gasteiger partial charge in [0.05, 0.1) is 14.6 Å². The van der Waals surface area contributed by atoms with E-state index in [-0.39, 0.29) is 0 Å². The van der Waals surface area contributed by atoms with Crippen LogP contribution in [0.4, 0.5) is 0 Å². The Morgan fingerprint density at radius 3 is 0.821 bits per heavy atom. The molecule has 0 saturated heterocycles. The maximum absolute atomic E-state index is 4.98. The fraction of sp³-hybridized carbons (Fsp3) is 0. The third kappa shape index (κ3) is 4.98. The van der Waals surface area contributed by atoms with Gasteiger partial charge in [-0.15, -0.1) is 34.0 Å². The first-order valence-electron chi connectivity index (χ1n) is 12.5. The van der Waals surface area contributed by atoms with Crippen LogP contribution in [0.2, 0.25) is 0 Å². The SMILES string of the molecule is c1ccc(-c2ccc(-c3nc(-c4ccc(-c5ccccc5)s4)nc(-c4ccc(-c5ccccc5)s4)n3)s2)cc1. The van der Waals surface area contributed by atoms with Gasteiger partial charge in [0, 0.05) is 14.6 Å². The molecule has 4 heterocycles. The van der Waals surface area contributed by atoms with Crippen molar-refractivity contribution < 1.29 is 0 Å². The van der Waals surface area contributed by atoms with Crippen molar-refractivity contribution >= 4 is 34.0 Å². The summed E-state index contributed by atoms with van der Waals surface area (Å²) < 4.78 is 0. The van der Waals surface area contributed by atoms with Gasteiger partial charge in [0.15, 0.2) is 17.5 Å². The number of rotatable bonds is 6. The number of hydrogen-bond donors (Lipinski definition) is 0. The highest BCUT2D eigenvalue weighted by Crippen LogP contribution is 2.39. The largest absolute Gasteiger partial charge is 0.206 e. The van der Waals surface area contributed by atoms with Gasteiger partial charge in [0.1, 0.15) is 0 Å². The van der Waals surface area contributed by atoms with Crippen molar-refractivity contribution in [3.05, 3.63) is 127 Å². The summed E-state index contributed by atoms with van der Waals surface area (Å²) in [5.41, 5.74) is 3.58. The molecule has 0 atom stereocenters. The summed E-state index contributed by atoms with van der Waals surface area (Å²) in [7, 11) is 0. The van der Waals surface area contributed by atoms with E-state index in [2.05, 4.69) is 109 Å². The Labute approximate surface area is 238 Å². The molecular formula is C33H21N3S3. The number of nitrogens with zero attached hydrogens (tertiary/aromatic N) is 3. The van der Waals surface area contributed by atoms with Crippen LogP contribution in [0.5, 0.6) is 0 Å². The maximum Gasteiger partial charge on any atom is 0.174 e. The maximum atomic E-state index is 4.98. The van der Waals surface area contributed by atoms with E-state index in [0.29, 0.717) is 17.5 Å². The Morgan fingerprint density at radius 2 is 0.538 bits per heavy atom. The number of thiophene rings is 3. The van der Waals surface area contributed by atoms with E-state index >= 15 is 0 Å². The van der Waals surface area contributed by atoms with Gasteiger partial charge in [0.2, 0.25) is 0 Å². The minimum Gasteiger partial charge on any atom is -0.206 e. The second-order valence-corrected chi connectivity index (χ2v) is 12.1. The van der Waals surface area contributed by atoms with E-state index in [1.54, 1.807) is 34.0 Å². The van der Waals surface area contributed by atoms with Crippen LogP contribution in [0.25, 0.3) is 63.4 Å². The molecule has 0 aliphatic heterocycles. The molecule has 3 aromatic carbocycles. The standard InChI is InChI=1S/C33H21N3S3/c1-4-10-22(11-5-1)25-16-19-28(37-25)31-34-32(29-20-17-26(38-29)23-12-6-2-7-13-23)36-33(35-31)30-21-18-27(39-30)24-14-8-3-9-15-24/h1-21H. The molecule has 3 nitrogen and oxygen atoms in total. The quantitative estimate of drug-likeness (QED) is 0.205. The molecule has 0 fully saturated rings. The minimum absolute atomic E-state index is 0.700. The molecule has 4 aromatic heterocycles. The van der Waals surface area contributed by atoms with Crippen molar-refractivity contribution in [2.24, 2.45) is 0 Å². The Bertz CT molecular complexity index is 1620. The Morgan fingerprint density at radius 1 is 0.282 bits per heavy atom. The highest BCUT2D eigenvalue weighted by Gasteiger charge is 2.17. The molecule has 0 saturated carbocycles. The number of benzene rings is 3. The van der Waals surface area contributed by atoms with Gasteiger partial charge >= 0.3 is 0 Å². The molecule has 0 bridgehead atoms. The summed E-state index contributed by atoms with van der Waals surface area (Å²) in [4.78, 5) is 21.6. The first kappa shape index (κ1) is 23.9. The highest BCUT2D eigenvalue weighted by atomic mass is 32.1. The van der Waals surface area contributed by atoms with Crippen molar-refractivity contribution in [1.29, 1.82) is 0 Å². The zero-order valence-corrected chi connectivity index (χ0v) is 23.1. The number of hydrogen-bond acceptors (Lipinski definition) is 6. The van der Waals surface area contributed by atoms with Crippen molar-refractivity contribution in [3.63, 3.8) is 0 Å². The molecular weight excluding hydrogens is 535 g/mol. The van der Waals surface area contributed by atoms with E-state index in [1.807, 2.05) is 18.2 Å².